The number of aryl methyl sites for hydroxylation is 2. The lowest BCUT2D eigenvalue weighted by molar-refractivity contribution is -0.125. The summed E-state index contributed by atoms with van der Waals surface area (Å²) in [6.07, 6.45) is 5.50. The summed E-state index contributed by atoms with van der Waals surface area (Å²) in [4.78, 5) is 25.9. The van der Waals surface area contributed by atoms with Crippen LogP contribution >= 0.6 is 0 Å². The van der Waals surface area contributed by atoms with Crippen molar-refractivity contribution in [3.05, 3.63) is 52.1 Å². The third-order valence-electron chi connectivity index (χ3n) is 5.85. The maximum Gasteiger partial charge on any atom is 0.295 e. The molecular weight excluding hydrogens is 366 g/mol. The molecule has 7 heteroatoms. The minimum Gasteiger partial charge on any atom is -0.352 e. The molecule has 1 aliphatic carbocycles. The summed E-state index contributed by atoms with van der Waals surface area (Å²) < 4.78 is 3.04. The first-order valence-corrected chi connectivity index (χ1v) is 10.3. The number of benzene rings is 1. The fourth-order valence-corrected chi connectivity index (χ4v) is 4.21. The van der Waals surface area contributed by atoms with Crippen molar-refractivity contribution < 1.29 is 4.79 Å². The lowest BCUT2D eigenvalue weighted by Crippen LogP contribution is -2.42. The van der Waals surface area contributed by atoms with Gasteiger partial charge in [0.1, 0.15) is 6.04 Å². The Hall–Kier alpha value is -2.96. The van der Waals surface area contributed by atoms with Crippen molar-refractivity contribution in [1.29, 1.82) is 0 Å². The Morgan fingerprint density at radius 2 is 1.79 bits per heavy atom. The van der Waals surface area contributed by atoms with Gasteiger partial charge in [0.15, 0.2) is 5.52 Å². The second kappa shape index (κ2) is 7.81. The maximum atomic E-state index is 13.2. The van der Waals surface area contributed by atoms with Gasteiger partial charge in [-0.2, -0.15) is 10.2 Å². The molecule has 1 saturated carbocycles. The van der Waals surface area contributed by atoms with Crippen molar-refractivity contribution in [2.45, 2.75) is 65.0 Å². The van der Waals surface area contributed by atoms with Crippen LogP contribution in [0.25, 0.3) is 16.6 Å². The first-order chi connectivity index (χ1) is 14.0. The number of fused-ring (bicyclic) bond motifs is 1. The maximum absolute atomic E-state index is 13.2. The number of carbonyl (C=O) groups is 1. The van der Waals surface area contributed by atoms with Crippen molar-refractivity contribution in [2.75, 3.05) is 0 Å². The van der Waals surface area contributed by atoms with E-state index in [0.29, 0.717) is 11.2 Å². The molecule has 152 valence electrons. The van der Waals surface area contributed by atoms with Gasteiger partial charge in [0.25, 0.3) is 5.56 Å². The van der Waals surface area contributed by atoms with Crippen LogP contribution in [0.1, 0.15) is 56.5 Å². The zero-order valence-electron chi connectivity index (χ0n) is 17.2. The van der Waals surface area contributed by atoms with Crippen LogP contribution in [0, 0.1) is 13.8 Å². The molecule has 1 aliphatic rings. The highest BCUT2D eigenvalue weighted by atomic mass is 16.2. The van der Waals surface area contributed by atoms with Gasteiger partial charge < -0.3 is 5.32 Å². The molecule has 2 heterocycles. The van der Waals surface area contributed by atoms with Gasteiger partial charge in [-0.05, 0) is 45.7 Å². The largest absolute Gasteiger partial charge is 0.352 e. The van der Waals surface area contributed by atoms with E-state index in [2.05, 4.69) is 15.5 Å². The zero-order valence-corrected chi connectivity index (χ0v) is 17.2. The number of hydrogen-bond acceptors (Lipinski definition) is 4. The van der Waals surface area contributed by atoms with Crippen molar-refractivity contribution in [3.8, 4) is 5.69 Å². The smallest absolute Gasteiger partial charge is 0.295 e. The van der Waals surface area contributed by atoms with Gasteiger partial charge in [-0.3, -0.25) is 9.59 Å². The molecule has 0 unspecified atom stereocenters. The molecule has 7 nitrogen and oxygen atoms in total. The van der Waals surface area contributed by atoms with Crippen molar-refractivity contribution in [2.24, 2.45) is 0 Å². The third-order valence-corrected chi connectivity index (χ3v) is 5.85. The lowest BCUT2D eigenvalue weighted by atomic mass is 9.95. The van der Waals surface area contributed by atoms with Crippen molar-refractivity contribution >= 4 is 16.8 Å². The normalized spacial score (nSPS) is 16.1. The Labute approximate surface area is 169 Å². The molecule has 2 aromatic heterocycles. The standard InChI is InChI=1S/C22H27N5O2/c1-14-19-15(2)26(18-12-8-5-9-13-18)25-20(19)22(29)27(24-14)16(3)21(28)23-17-10-6-4-7-11-17/h5,8-9,12-13,16-17H,4,6-7,10-11H2,1-3H3,(H,23,28)/t16-/m0/s1. The van der Waals surface area contributed by atoms with Crippen LogP contribution in [0.4, 0.5) is 0 Å². The Bertz CT molecular complexity index is 1090. The Morgan fingerprint density at radius 1 is 1.10 bits per heavy atom. The van der Waals surface area contributed by atoms with Crippen LogP contribution in [-0.4, -0.2) is 31.5 Å². The minimum atomic E-state index is -0.685. The van der Waals surface area contributed by atoms with E-state index in [-0.39, 0.29) is 17.5 Å². The van der Waals surface area contributed by atoms with Crippen LogP contribution in [0.15, 0.2) is 35.1 Å². The second-order valence-electron chi connectivity index (χ2n) is 7.91. The molecule has 3 aromatic rings. The summed E-state index contributed by atoms with van der Waals surface area (Å²) in [6.45, 7) is 5.51. The number of amides is 1. The van der Waals surface area contributed by atoms with Gasteiger partial charge in [-0.1, -0.05) is 37.5 Å². The highest BCUT2D eigenvalue weighted by Crippen LogP contribution is 2.22. The summed E-state index contributed by atoms with van der Waals surface area (Å²) in [5.41, 5.74) is 2.44. The molecule has 0 aliphatic heterocycles. The van der Waals surface area contributed by atoms with E-state index in [0.717, 1.165) is 42.5 Å². The lowest BCUT2D eigenvalue weighted by Gasteiger charge is -2.24. The van der Waals surface area contributed by atoms with E-state index in [9.17, 15) is 9.59 Å². The topological polar surface area (TPSA) is 81.8 Å². The van der Waals surface area contributed by atoms with Gasteiger partial charge in [0.05, 0.1) is 22.5 Å². The van der Waals surface area contributed by atoms with Gasteiger partial charge in [-0.25, -0.2) is 9.36 Å². The summed E-state index contributed by atoms with van der Waals surface area (Å²) in [7, 11) is 0. The summed E-state index contributed by atoms with van der Waals surface area (Å²) in [5, 5.41) is 12.9. The summed E-state index contributed by atoms with van der Waals surface area (Å²) in [5.74, 6) is -0.163. The Kier molecular flexibility index (Phi) is 5.22. The van der Waals surface area contributed by atoms with Crippen molar-refractivity contribution in [1.82, 2.24) is 24.9 Å². The van der Waals surface area contributed by atoms with E-state index < -0.39 is 6.04 Å². The summed E-state index contributed by atoms with van der Waals surface area (Å²) in [6, 6.07) is 9.20. The minimum absolute atomic E-state index is 0.163. The third kappa shape index (κ3) is 3.57. The molecule has 1 amide bonds. The molecular formula is C22H27N5O2. The molecule has 4 rings (SSSR count). The first-order valence-electron chi connectivity index (χ1n) is 10.3. The Balaban J connectivity index is 1.71. The van der Waals surface area contributed by atoms with Gasteiger partial charge in [-0.15, -0.1) is 0 Å². The highest BCUT2D eigenvalue weighted by Gasteiger charge is 2.25. The van der Waals surface area contributed by atoms with Crippen LogP contribution in [-0.2, 0) is 4.79 Å². The second-order valence-corrected chi connectivity index (χ2v) is 7.91. The van der Waals surface area contributed by atoms with E-state index in [4.69, 9.17) is 0 Å². The monoisotopic (exact) mass is 393 g/mol. The van der Waals surface area contributed by atoms with Crippen LogP contribution < -0.4 is 10.9 Å². The SMILES string of the molecule is Cc1nn([C@@H](C)C(=O)NC2CCCCC2)c(=O)c2nn(-c3ccccc3)c(C)c12. The predicted molar refractivity (Wildman–Crippen MR) is 112 cm³/mol. The summed E-state index contributed by atoms with van der Waals surface area (Å²) >= 11 is 0. The fourth-order valence-electron chi connectivity index (χ4n) is 4.21. The van der Waals surface area contributed by atoms with Crippen LogP contribution in [0.3, 0.4) is 0 Å². The molecule has 1 fully saturated rings. The van der Waals surface area contributed by atoms with Crippen LogP contribution in [0.5, 0.6) is 0 Å². The van der Waals surface area contributed by atoms with E-state index in [1.807, 2.05) is 44.2 Å². The first kappa shape index (κ1) is 19.4. The number of rotatable bonds is 4. The molecule has 1 aromatic carbocycles. The average Bonchev–Trinajstić information content (AvgIpc) is 3.09. The molecule has 0 spiro atoms. The molecule has 29 heavy (non-hydrogen) atoms. The predicted octanol–water partition coefficient (Wildman–Crippen LogP) is 3.21. The molecule has 1 N–H and O–H groups in total. The quantitative estimate of drug-likeness (QED) is 0.738. The van der Waals surface area contributed by atoms with Gasteiger partial charge in [0.2, 0.25) is 5.91 Å². The molecule has 0 radical (unpaired) electrons. The van der Waals surface area contributed by atoms with E-state index in [1.54, 1.807) is 11.6 Å². The number of nitrogens with zero attached hydrogens (tertiary/aromatic N) is 4. The molecule has 0 saturated heterocycles. The van der Waals surface area contributed by atoms with Crippen molar-refractivity contribution in [3.63, 3.8) is 0 Å². The Morgan fingerprint density at radius 3 is 2.48 bits per heavy atom. The number of para-hydroxylation sites is 1. The fraction of sp³-hybridized carbons (Fsp3) is 0.455. The van der Waals surface area contributed by atoms with Gasteiger partial charge >= 0.3 is 0 Å². The highest BCUT2D eigenvalue weighted by molar-refractivity contribution is 5.84. The van der Waals surface area contributed by atoms with E-state index in [1.165, 1.54) is 11.1 Å². The number of carbonyl (C=O) groups excluding carboxylic acids is 1. The molecule has 1 atom stereocenters. The van der Waals surface area contributed by atoms with E-state index >= 15 is 0 Å². The average molecular weight is 393 g/mol. The van der Waals surface area contributed by atoms with Crippen LogP contribution in [0.2, 0.25) is 0 Å². The number of hydrogen-bond donors (Lipinski definition) is 1. The number of aromatic nitrogens is 4. The van der Waals surface area contributed by atoms with Gasteiger partial charge in [0, 0.05) is 6.04 Å². The molecule has 0 bridgehead atoms. The zero-order chi connectivity index (χ0) is 20.5. The number of nitrogens with one attached hydrogen (secondary N) is 1.